The van der Waals surface area contributed by atoms with Crippen molar-refractivity contribution in [1.82, 2.24) is 30.4 Å². The largest absolute Gasteiger partial charge is 0.352 e. The van der Waals surface area contributed by atoms with E-state index in [1.165, 1.54) is 12.4 Å². The Morgan fingerprint density at radius 3 is 3.25 bits per heavy atom. The van der Waals surface area contributed by atoms with E-state index in [0.717, 1.165) is 25.5 Å². The first kappa shape index (κ1) is 12.7. The van der Waals surface area contributed by atoms with Crippen LogP contribution in [0.2, 0.25) is 0 Å². The molecule has 20 heavy (non-hydrogen) atoms. The Morgan fingerprint density at radius 2 is 2.40 bits per heavy atom. The third-order valence-corrected chi connectivity index (χ3v) is 3.37. The summed E-state index contributed by atoms with van der Waals surface area (Å²) in [4.78, 5) is 16.2. The molecule has 1 aliphatic heterocycles. The maximum absolute atomic E-state index is 12.0. The number of amides is 1. The van der Waals surface area contributed by atoms with E-state index in [2.05, 4.69) is 30.4 Å². The first-order chi connectivity index (χ1) is 9.83. The van der Waals surface area contributed by atoms with E-state index in [1.807, 2.05) is 6.20 Å². The zero-order valence-electron chi connectivity index (χ0n) is 11.0. The van der Waals surface area contributed by atoms with Crippen LogP contribution in [0.5, 0.6) is 0 Å². The molecule has 1 atom stereocenters. The minimum absolute atomic E-state index is 0.116. The molecule has 2 aromatic rings. The molecular weight excluding hydrogens is 256 g/mol. The van der Waals surface area contributed by atoms with Gasteiger partial charge in [0.15, 0.2) is 0 Å². The van der Waals surface area contributed by atoms with Crippen molar-refractivity contribution >= 4 is 5.91 Å². The predicted molar refractivity (Wildman–Crippen MR) is 71.8 cm³/mol. The lowest BCUT2D eigenvalue weighted by Crippen LogP contribution is -2.34. The summed E-state index contributed by atoms with van der Waals surface area (Å²) in [5, 5.41) is 13.6. The Morgan fingerprint density at radius 1 is 1.45 bits per heavy atom. The number of nitrogens with zero attached hydrogens (tertiary/aromatic N) is 4. The fourth-order valence-corrected chi connectivity index (χ4v) is 2.31. The van der Waals surface area contributed by atoms with E-state index in [4.69, 9.17) is 0 Å². The second-order valence-corrected chi connectivity index (χ2v) is 4.83. The van der Waals surface area contributed by atoms with Crippen molar-refractivity contribution in [2.45, 2.75) is 13.1 Å². The molecule has 0 radical (unpaired) electrons. The number of fused-ring (bicyclic) bond motifs is 1. The number of carbonyl (C=O) groups excluding carboxylic acids is 1. The van der Waals surface area contributed by atoms with Gasteiger partial charge in [0.1, 0.15) is 5.82 Å². The van der Waals surface area contributed by atoms with E-state index in [0.29, 0.717) is 18.0 Å². The van der Waals surface area contributed by atoms with Crippen molar-refractivity contribution in [3.8, 4) is 0 Å². The summed E-state index contributed by atoms with van der Waals surface area (Å²) in [6, 6.07) is 1.65. The molecule has 0 bridgehead atoms. The number of hydrogen-bond donors (Lipinski definition) is 2. The Balaban J connectivity index is 1.58. The number of imidazole rings is 1. The molecule has 0 aliphatic carbocycles. The molecule has 104 valence electrons. The number of hydrogen-bond acceptors (Lipinski definition) is 5. The van der Waals surface area contributed by atoms with Crippen molar-refractivity contribution < 1.29 is 4.79 Å². The molecule has 0 spiro atoms. The van der Waals surface area contributed by atoms with Crippen molar-refractivity contribution in [1.29, 1.82) is 0 Å². The summed E-state index contributed by atoms with van der Waals surface area (Å²) in [7, 11) is 0. The van der Waals surface area contributed by atoms with Crippen LogP contribution < -0.4 is 10.6 Å². The van der Waals surface area contributed by atoms with Crippen LogP contribution in [0.1, 0.15) is 16.2 Å². The van der Waals surface area contributed by atoms with Gasteiger partial charge in [-0.2, -0.15) is 10.2 Å². The molecule has 0 aromatic carbocycles. The summed E-state index contributed by atoms with van der Waals surface area (Å²) in [6.07, 6.45) is 6.76. The van der Waals surface area contributed by atoms with Crippen molar-refractivity contribution in [3.63, 3.8) is 0 Å². The molecule has 2 N–H and O–H groups in total. The van der Waals surface area contributed by atoms with Gasteiger partial charge in [0.05, 0.1) is 24.5 Å². The summed E-state index contributed by atoms with van der Waals surface area (Å²) < 4.78 is 2.13. The lowest BCUT2D eigenvalue weighted by Gasteiger charge is -2.16. The van der Waals surface area contributed by atoms with E-state index >= 15 is 0 Å². The van der Waals surface area contributed by atoms with Gasteiger partial charge >= 0.3 is 0 Å². The van der Waals surface area contributed by atoms with Crippen molar-refractivity contribution in [3.05, 3.63) is 42.2 Å². The summed E-state index contributed by atoms with van der Waals surface area (Å²) in [5.41, 5.74) is 0.532. The van der Waals surface area contributed by atoms with E-state index in [-0.39, 0.29) is 5.91 Å². The van der Waals surface area contributed by atoms with Gasteiger partial charge in [0.25, 0.3) is 5.91 Å². The van der Waals surface area contributed by atoms with Crippen LogP contribution in [0, 0.1) is 5.92 Å². The van der Waals surface area contributed by atoms with Crippen molar-refractivity contribution in [2.24, 2.45) is 5.92 Å². The van der Waals surface area contributed by atoms with Crippen LogP contribution in [0.25, 0.3) is 0 Å². The fraction of sp³-hybridized carbons (Fsp3) is 0.385. The van der Waals surface area contributed by atoms with Gasteiger partial charge in [-0.15, -0.1) is 0 Å². The highest BCUT2D eigenvalue weighted by molar-refractivity contribution is 5.93. The van der Waals surface area contributed by atoms with Gasteiger partial charge < -0.3 is 15.2 Å². The molecule has 1 aliphatic rings. The topological polar surface area (TPSA) is 84.7 Å². The molecule has 0 saturated carbocycles. The Kier molecular flexibility index (Phi) is 3.69. The first-order valence-corrected chi connectivity index (χ1v) is 6.58. The second-order valence-electron chi connectivity index (χ2n) is 4.83. The summed E-state index contributed by atoms with van der Waals surface area (Å²) in [6.45, 7) is 3.10. The van der Waals surface area contributed by atoms with Gasteiger partial charge in [0.2, 0.25) is 0 Å². The summed E-state index contributed by atoms with van der Waals surface area (Å²) >= 11 is 0. The van der Waals surface area contributed by atoms with Crippen molar-refractivity contribution in [2.75, 3.05) is 13.1 Å². The Labute approximate surface area is 116 Å². The van der Waals surface area contributed by atoms with E-state index in [9.17, 15) is 4.79 Å². The zero-order chi connectivity index (χ0) is 13.8. The maximum atomic E-state index is 12.0. The molecule has 3 rings (SSSR count). The smallest absolute Gasteiger partial charge is 0.252 e. The number of aromatic nitrogens is 4. The van der Waals surface area contributed by atoms with E-state index < -0.39 is 0 Å². The monoisotopic (exact) mass is 272 g/mol. The average Bonchev–Trinajstić information content (AvgIpc) is 2.83. The van der Waals surface area contributed by atoms with Gasteiger partial charge in [-0.1, -0.05) is 0 Å². The van der Waals surface area contributed by atoms with Crippen LogP contribution in [0.4, 0.5) is 0 Å². The fourth-order valence-electron chi connectivity index (χ4n) is 2.31. The lowest BCUT2D eigenvalue weighted by molar-refractivity contribution is 0.0945. The highest BCUT2D eigenvalue weighted by Crippen LogP contribution is 2.08. The molecule has 7 heteroatoms. The third kappa shape index (κ3) is 2.83. The number of rotatable bonds is 3. The highest BCUT2D eigenvalue weighted by Gasteiger charge is 2.17. The molecule has 1 amide bonds. The molecular formula is C13H16N6O. The van der Waals surface area contributed by atoms with Crippen LogP contribution in [0.15, 0.2) is 30.9 Å². The third-order valence-electron chi connectivity index (χ3n) is 3.37. The van der Waals surface area contributed by atoms with Crippen LogP contribution in [-0.4, -0.2) is 38.7 Å². The molecule has 2 aromatic heterocycles. The second kappa shape index (κ2) is 5.79. The summed E-state index contributed by atoms with van der Waals surface area (Å²) in [5.74, 6) is 1.26. The van der Waals surface area contributed by atoms with Crippen LogP contribution >= 0.6 is 0 Å². The Hall–Kier alpha value is -2.28. The molecule has 7 nitrogen and oxygen atoms in total. The minimum Gasteiger partial charge on any atom is -0.352 e. The first-order valence-electron chi connectivity index (χ1n) is 6.58. The van der Waals surface area contributed by atoms with E-state index in [1.54, 1.807) is 12.3 Å². The molecule has 0 saturated heterocycles. The van der Waals surface area contributed by atoms with Gasteiger partial charge in [-0.25, -0.2) is 4.98 Å². The predicted octanol–water partition coefficient (Wildman–Crippen LogP) is -0.178. The lowest BCUT2D eigenvalue weighted by atomic mass is 10.1. The zero-order valence-corrected chi connectivity index (χ0v) is 11.0. The maximum Gasteiger partial charge on any atom is 0.252 e. The number of carbonyl (C=O) groups is 1. The van der Waals surface area contributed by atoms with Gasteiger partial charge in [-0.3, -0.25) is 4.79 Å². The standard InChI is InChI=1S/C13H16N6O/c20-13(11-1-2-17-18-7-11)16-6-10-5-14-8-12-15-3-4-19(12)9-10/h1-4,7,10,14H,5-6,8-9H2,(H,16,20)/t10-/m1/s1. The normalized spacial score (nSPS) is 18.1. The quantitative estimate of drug-likeness (QED) is 0.810. The van der Waals surface area contributed by atoms with Gasteiger partial charge in [-0.05, 0) is 6.07 Å². The highest BCUT2D eigenvalue weighted by atomic mass is 16.1. The molecule has 0 unspecified atom stereocenters. The van der Waals surface area contributed by atoms with Crippen LogP contribution in [-0.2, 0) is 13.1 Å². The molecule has 3 heterocycles. The van der Waals surface area contributed by atoms with Crippen LogP contribution in [0.3, 0.4) is 0 Å². The number of nitrogens with one attached hydrogen (secondary N) is 2. The van der Waals surface area contributed by atoms with Gasteiger partial charge in [0, 0.05) is 37.9 Å². The molecule has 0 fully saturated rings. The SMILES string of the molecule is O=C(NC[C@H]1CNCc2nccn2C1)c1ccnnc1. The minimum atomic E-state index is -0.116. The Bertz CT molecular complexity index is 582. The average molecular weight is 272 g/mol.